The summed E-state index contributed by atoms with van der Waals surface area (Å²) in [5.74, 6) is -0.107. The fourth-order valence-electron chi connectivity index (χ4n) is 1.92. The number of carbonyl (C=O) groups excluding carboxylic acids is 1. The highest BCUT2D eigenvalue weighted by Crippen LogP contribution is 2.29. The first-order valence-electron chi connectivity index (χ1n) is 5.80. The summed E-state index contributed by atoms with van der Waals surface area (Å²) >= 11 is 1.87. The first-order chi connectivity index (χ1) is 7.55. The van der Waals surface area contributed by atoms with Crippen LogP contribution in [-0.4, -0.2) is 23.5 Å². The van der Waals surface area contributed by atoms with Gasteiger partial charge in [0.15, 0.2) is 0 Å². The van der Waals surface area contributed by atoms with Crippen molar-refractivity contribution in [2.24, 2.45) is 5.41 Å². The Balaban J connectivity index is 2.50. The third kappa shape index (κ3) is 2.91. The molecule has 1 fully saturated rings. The van der Waals surface area contributed by atoms with Crippen LogP contribution in [0.1, 0.15) is 39.5 Å². The fraction of sp³-hybridized carbons (Fsp3) is 0.833. The van der Waals surface area contributed by atoms with Gasteiger partial charge in [0.1, 0.15) is 5.41 Å². The van der Waals surface area contributed by atoms with Crippen LogP contribution in [-0.2, 0) is 4.79 Å². The van der Waals surface area contributed by atoms with Crippen LogP contribution in [0.5, 0.6) is 0 Å². The van der Waals surface area contributed by atoms with E-state index in [9.17, 15) is 4.79 Å². The maximum Gasteiger partial charge on any atom is 0.240 e. The summed E-state index contributed by atoms with van der Waals surface area (Å²) in [7, 11) is 0. The van der Waals surface area contributed by atoms with Gasteiger partial charge in [-0.15, -0.1) is 0 Å². The first-order valence-corrected chi connectivity index (χ1v) is 7.09. The standard InChI is InChI=1S/C12H20N2OS/c1-4-12(2,8-13)11(15)14-9-5-6-10(7-9)16-3/h9-10H,4-7H2,1-3H3,(H,14,15). The molecule has 3 unspecified atom stereocenters. The predicted molar refractivity (Wildman–Crippen MR) is 67.1 cm³/mol. The monoisotopic (exact) mass is 240 g/mol. The van der Waals surface area contributed by atoms with Gasteiger partial charge in [-0.3, -0.25) is 4.79 Å². The Kier molecular flexibility index (Phi) is 4.67. The fourth-order valence-corrected chi connectivity index (χ4v) is 2.72. The van der Waals surface area contributed by atoms with Gasteiger partial charge < -0.3 is 5.32 Å². The van der Waals surface area contributed by atoms with E-state index in [4.69, 9.17) is 5.26 Å². The van der Waals surface area contributed by atoms with Crippen molar-refractivity contribution in [1.82, 2.24) is 5.32 Å². The summed E-state index contributed by atoms with van der Waals surface area (Å²) in [6.07, 6.45) is 5.93. The molecule has 0 heterocycles. The smallest absolute Gasteiger partial charge is 0.240 e. The Morgan fingerprint density at radius 3 is 2.75 bits per heavy atom. The van der Waals surface area contributed by atoms with E-state index in [1.165, 1.54) is 6.42 Å². The van der Waals surface area contributed by atoms with Crippen LogP contribution >= 0.6 is 11.8 Å². The average Bonchev–Trinajstić information content (AvgIpc) is 2.75. The Labute approximate surface area is 102 Å². The van der Waals surface area contributed by atoms with Crippen LogP contribution < -0.4 is 5.32 Å². The minimum absolute atomic E-state index is 0.107. The molecule has 1 rings (SSSR count). The second-order valence-corrected chi connectivity index (χ2v) is 5.78. The zero-order valence-electron chi connectivity index (χ0n) is 10.2. The lowest BCUT2D eigenvalue weighted by Gasteiger charge is -2.21. The second-order valence-electron chi connectivity index (χ2n) is 4.64. The number of nitriles is 1. The molecule has 4 heteroatoms. The quantitative estimate of drug-likeness (QED) is 0.820. The summed E-state index contributed by atoms with van der Waals surface area (Å²) in [5, 5.41) is 12.7. The maximum absolute atomic E-state index is 11.9. The molecular weight excluding hydrogens is 220 g/mol. The normalized spacial score (nSPS) is 28.1. The Morgan fingerprint density at radius 2 is 2.31 bits per heavy atom. The van der Waals surface area contributed by atoms with Crippen molar-refractivity contribution in [3.05, 3.63) is 0 Å². The molecule has 1 N–H and O–H groups in total. The molecule has 0 aliphatic heterocycles. The molecule has 0 spiro atoms. The molecule has 1 saturated carbocycles. The number of thioether (sulfide) groups is 1. The van der Waals surface area contributed by atoms with E-state index in [1.807, 2.05) is 18.7 Å². The number of nitrogens with zero attached hydrogens (tertiary/aromatic N) is 1. The zero-order chi connectivity index (χ0) is 12.2. The minimum Gasteiger partial charge on any atom is -0.352 e. The van der Waals surface area contributed by atoms with Crippen molar-refractivity contribution >= 4 is 17.7 Å². The van der Waals surface area contributed by atoms with Gasteiger partial charge in [0.25, 0.3) is 0 Å². The molecule has 0 aromatic heterocycles. The molecule has 0 aromatic rings. The van der Waals surface area contributed by atoms with Crippen molar-refractivity contribution in [2.75, 3.05) is 6.26 Å². The van der Waals surface area contributed by atoms with Crippen molar-refractivity contribution in [3.8, 4) is 6.07 Å². The third-order valence-corrected chi connectivity index (χ3v) is 4.60. The second kappa shape index (κ2) is 5.58. The molecule has 1 amide bonds. The largest absolute Gasteiger partial charge is 0.352 e. The summed E-state index contributed by atoms with van der Waals surface area (Å²) in [4.78, 5) is 11.9. The zero-order valence-corrected chi connectivity index (χ0v) is 11.1. The van der Waals surface area contributed by atoms with Gasteiger partial charge >= 0.3 is 0 Å². The van der Waals surface area contributed by atoms with E-state index in [1.54, 1.807) is 6.92 Å². The van der Waals surface area contributed by atoms with E-state index >= 15 is 0 Å². The highest BCUT2D eigenvalue weighted by molar-refractivity contribution is 7.99. The van der Waals surface area contributed by atoms with Gasteiger partial charge in [-0.1, -0.05) is 6.92 Å². The summed E-state index contributed by atoms with van der Waals surface area (Å²) < 4.78 is 0. The lowest BCUT2D eigenvalue weighted by Crippen LogP contribution is -2.42. The van der Waals surface area contributed by atoms with Gasteiger partial charge in [-0.2, -0.15) is 17.0 Å². The molecule has 0 bridgehead atoms. The van der Waals surface area contributed by atoms with E-state index in [0.717, 1.165) is 12.8 Å². The van der Waals surface area contributed by atoms with Crippen molar-refractivity contribution < 1.29 is 4.79 Å². The van der Waals surface area contributed by atoms with Gasteiger partial charge in [-0.05, 0) is 38.9 Å². The van der Waals surface area contributed by atoms with Gasteiger partial charge in [0.2, 0.25) is 5.91 Å². The van der Waals surface area contributed by atoms with Crippen molar-refractivity contribution in [2.45, 2.75) is 50.8 Å². The van der Waals surface area contributed by atoms with Gasteiger partial charge in [0.05, 0.1) is 6.07 Å². The molecule has 1 aliphatic rings. The SMILES string of the molecule is CCC(C)(C#N)C(=O)NC1CCC(SC)C1. The summed E-state index contributed by atoms with van der Waals surface area (Å²) in [5.41, 5.74) is -0.864. The van der Waals surface area contributed by atoms with Crippen LogP contribution in [0.3, 0.4) is 0 Å². The topological polar surface area (TPSA) is 52.9 Å². The third-order valence-electron chi connectivity index (χ3n) is 3.51. The highest BCUT2D eigenvalue weighted by Gasteiger charge is 2.34. The molecule has 1 aliphatic carbocycles. The summed E-state index contributed by atoms with van der Waals surface area (Å²) in [6.45, 7) is 3.59. The Hall–Kier alpha value is -0.690. The van der Waals surface area contributed by atoms with Crippen LogP contribution in [0.15, 0.2) is 0 Å². The highest BCUT2D eigenvalue weighted by atomic mass is 32.2. The molecule has 3 atom stereocenters. The minimum atomic E-state index is -0.864. The van der Waals surface area contributed by atoms with E-state index < -0.39 is 5.41 Å². The number of nitrogens with one attached hydrogen (secondary N) is 1. The summed E-state index contributed by atoms with van der Waals surface area (Å²) in [6, 6.07) is 2.38. The average molecular weight is 240 g/mol. The van der Waals surface area contributed by atoms with Gasteiger partial charge in [-0.25, -0.2) is 0 Å². The molecule has 0 radical (unpaired) electrons. The van der Waals surface area contributed by atoms with Crippen molar-refractivity contribution in [1.29, 1.82) is 5.26 Å². The number of carbonyl (C=O) groups is 1. The number of amides is 1. The molecule has 0 aromatic carbocycles. The number of rotatable bonds is 4. The molecule has 16 heavy (non-hydrogen) atoms. The molecule has 3 nitrogen and oxygen atoms in total. The van der Waals surface area contributed by atoms with Crippen LogP contribution in [0, 0.1) is 16.7 Å². The number of hydrogen-bond donors (Lipinski definition) is 1. The van der Waals surface area contributed by atoms with Crippen LogP contribution in [0.2, 0.25) is 0 Å². The Morgan fingerprint density at radius 1 is 1.62 bits per heavy atom. The van der Waals surface area contributed by atoms with E-state index in [0.29, 0.717) is 11.7 Å². The maximum atomic E-state index is 11.9. The lowest BCUT2D eigenvalue weighted by atomic mass is 9.88. The predicted octanol–water partition coefficient (Wildman–Crippen LogP) is 2.33. The van der Waals surface area contributed by atoms with Crippen molar-refractivity contribution in [3.63, 3.8) is 0 Å². The van der Waals surface area contributed by atoms with Crippen LogP contribution in [0.4, 0.5) is 0 Å². The van der Waals surface area contributed by atoms with Gasteiger partial charge in [0, 0.05) is 11.3 Å². The molecule has 90 valence electrons. The lowest BCUT2D eigenvalue weighted by molar-refractivity contribution is -0.128. The first kappa shape index (κ1) is 13.4. The molecular formula is C12H20N2OS. The van der Waals surface area contributed by atoms with E-state index in [-0.39, 0.29) is 11.9 Å². The van der Waals surface area contributed by atoms with Crippen LogP contribution in [0.25, 0.3) is 0 Å². The number of hydrogen-bond acceptors (Lipinski definition) is 3. The molecule has 0 saturated heterocycles. The van der Waals surface area contributed by atoms with E-state index in [2.05, 4.69) is 17.6 Å². The Bertz CT molecular complexity index is 300.